The highest BCUT2D eigenvalue weighted by molar-refractivity contribution is 9.11. The molecule has 6 rings (SSSR count). The van der Waals surface area contributed by atoms with Crippen LogP contribution in [0.3, 0.4) is 0 Å². The van der Waals surface area contributed by atoms with Gasteiger partial charge in [-0.15, -0.1) is 45.3 Å². The van der Waals surface area contributed by atoms with Gasteiger partial charge in [0, 0.05) is 61.6 Å². The predicted molar refractivity (Wildman–Crippen MR) is 285 cm³/mol. The van der Waals surface area contributed by atoms with Crippen molar-refractivity contribution in [3.8, 4) is 20.9 Å². The van der Waals surface area contributed by atoms with Crippen molar-refractivity contribution >= 4 is 108 Å². The summed E-state index contributed by atoms with van der Waals surface area (Å²) in [5.41, 5.74) is 6.03. The largest absolute Gasteiger partial charge is 0.140 e. The highest BCUT2D eigenvalue weighted by atomic mass is 79.9. The number of hydrogen-bond donors (Lipinski definition) is 0. The number of halogens is 2. The first-order valence-corrected chi connectivity index (χ1v) is 29.3. The molecule has 0 radical (unpaired) electrons. The molecular formula is C54H74Br2S4. The van der Waals surface area contributed by atoms with E-state index in [-0.39, 0.29) is 0 Å². The van der Waals surface area contributed by atoms with Crippen LogP contribution in [0.4, 0.5) is 0 Å². The highest BCUT2D eigenvalue weighted by Gasteiger charge is 2.23. The van der Waals surface area contributed by atoms with Crippen LogP contribution in [-0.2, 0) is 25.7 Å². The molecule has 0 atom stereocenters. The van der Waals surface area contributed by atoms with Gasteiger partial charge in [-0.1, -0.05) is 156 Å². The number of aryl methyl sites for hydroxylation is 4. The van der Waals surface area contributed by atoms with Gasteiger partial charge in [-0.25, -0.2) is 0 Å². The average Bonchev–Trinajstić information content (AvgIpc) is 4.04. The van der Waals surface area contributed by atoms with Crippen molar-refractivity contribution in [3.05, 3.63) is 64.9 Å². The summed E-state index contributed by atoms with van der Waals surface area (Å²) in [7, 11) is 0. The number of hydrogen-bond acceptors (Lipinski definition) is 4. The summed E-state index contributed by atoms with van der Waals surface area (Å²) < 4.78 is 5.57. The molecule has 4 aromatic heterocycles. The number of thiophene rings is 4. The summed E-state index contributed by atoms with van der Waals surface area (Å²) in [5, 5.41) is 5.93. The lowest BCUT2D eigenvalue weighted by molar-refractivity contribution is 0.608. The summed E-state index contributed by atoms with van der Waals surface area (Å²) in [4.78, 5) is 6.13. The maximum atomic E-state index is 3.99. The first kappa shape index (κ1) is 48.4. The van der Waals surface area contributed by atoms with Gasteiger partial charge in [0.25, 0.3) is 0 Å². The molecule has 0 aliphatic heterocycles. The van der Waals surface area contributed by atoms with Crippen LogP contribution in [-0.4, -0.2) is 0 Å². The minimum absolute atomic E-state index is 1.17. The molecule has 0 fully saturated rings. The molecule has 4 heterocycles. The van der Waals surface area contributed by atoms with Crippen LogP contribution in [0.15, 0.2) is 44.0 Å². The molecule has 6 aromatic rings. The van der Waals surface area contributed by atoms with E-state index in [0.717, 1.165) is 0 Å². The first-order chi connectivity index (χ1) is 29.4. The predicted octanol–water partition coefficient (Wildman–Crippen LogP) is 21.9. The Balaban J connectivity index is 1.46. The summed E-state index contributed by atoms with van der Waals surface area (Å²) >= 11 is 16.1. The molecule has 0 bridgehead atoms. The first-order valence-electron chi connectivity index (χ1n) is 24.5. The maximum absolute atomic E-state index is 3.99. The monoisotopic (exact) mass is 1010 g/mol. The zero-order valence-electron chi connectivity index (χ0n) is 37.7. The lowest BCUT2D eigenvalue weighted by atomic mass is 9.94. The Kier molecular flexibility index (Phi) is 21.0. The average molecular weight is 1010 g/mol. The molecule has 60 heavy (non-hydrogen) atoms. The van der Waals surface area contributed by atoms with Crippen LogP contribution in [0.2, 0.25) is 0 Å². The van der Waals surface area contributed by atoms with Crippen molar-refractivity contribution in [2.45, 2.75) is 207 Å². The van der Waals surface area contributed by atoms with Gasteiger partial charge < -0.3 is 0 Å². The Hall–Kier alpha value is -1.02. The minimum atomic E-state index is 1.17. The summed E-state index contributed by atoms with van der Waals surface area (Å²) in [6.45, 7) is 9.28. The molecule has 0 N–H and O–H groups in total. The third kappa shape index (κ3) is 13.5. The second kappa shape index (κ2) is 26.1. The quantitative estimate of drug-likeness (QED) is 0.0395. The van der Waals surface area contributed by atoms with Crippen molar-refractivity contribution in [1.29, 1.82) is 0 Å². The van der Waals surface area contributed by atoms with Gasteiger partial charge in [0.1, 0.15) is 0 Å². The zero-order chi connectivity index (χ0) is 42.1. The fourth-order valence-electron chi connectivity index (χ4n) is 9.25. The van der Waals surface area contributed by atoms with Crippen molar-refractivity contribution < 1.29 is 0 Å². The van der Waals surface area contributed by atoms with E-state index in [0.29, 0.717) is 0 Å². The van der Waals surface area contributed by atoms with E-state index >= 15 is 0 Å². The lowest BCUT2D eigenvalue weighted by Crippen LogP contribution is -1.90. The van der Waals surface area contributed by atoms with E-state index in [9.17, 15) is 0 Å². The Labute approximate surface area is 398 Å². The van der Waals surface area contributed by atoms with Gasteiger partial charge in [0.15, 0.2) is 0 Å². The number of benzene rings is 2. The molecule has 0 spiro atoms. The standard InChI is InChI=1S/C54H74Br2S4/c1-5-9-13-17-21-25-29-39-33-49(55)59-51(39)45-37-47-48(53-43(45)35-41(57-53)31-27-23-19-15-11-7-3)38-46(44-36-42(58-54(44)47)32-28-24-20-16-12-8-4)52-40(34-50(56)60-52)30-26-22-18-14-10-6-2/h33-38H,5-32H2,1-4H3. The fourth-order valence-corrected chi connectivity index (χ4v) is 15.2. The third-order valence-electron chi connectivity index (χ3n) is 12.7. The van der Waals surface area contributed by atoms with Crippen LogP contribution < -0.4 is 0 Å². The van der Waals surface area contributed by atoms with Crippen LogP contribution in [0.1, 0.15) is 203 Å². The molecule has 0 aliphatic rings. The summed E-state index contributed by atoms with van der Waals surface area (Å²) in [6, 6.07) is 15.5. The molecule has 0 saturated carbocycles. The number of fused-ring (bicyclic) bond motifs is 5. The normalized spacial score (nSPS) is 12.0. The summed E-state index contributed by atoms with van der Waals surface area (Å²) in [6.07, 6.45) is 37.0. The Morgan fingerprint density at radius 2 is 0.650 bits per heavy atom. The van der Waals surface area contributed by atoms with Crippen LogP contribution in [0, 0.1) is 0 Å². The molecule has 2 aromatic carbocycles. The number of unbranched alkanes of at least 4 members (excludes halogenated alkanes) is 20. The van der Waals surface area contributed by atoms with Crippen LogP contribution in [0.5, 0.6) is 0 Å². The molecule has 0 unspecified atom stereocenters. The SMILES string of the molecule is CCCCCCCCc1cc2c(-c3sc(Br)cc3CCCCCCCC)cc3c(cc(-c4sc(Br)cc4CCCCCCCC)c4cc(CCCCCCCC)sc43)c2s1. The molecule has 0 aliphatic carbocycles. The van der Waals surface area contributed by atoms with Crippen LogP contribution in [0.25, 0.3) is 51.8 Å². The van der Waals surface area contributed by atoms with E-state index in [1.165, 1.54) is 250 Å². The van der Waals surface area contributed by atoms with Crippen molar-refractivity contribution in [3.63, 3.8) is 0 Å². The van der Waals surface area contributed by atoms with Crippen molar-refractivity contribution in [2.75, 3.05) is 0 Å². The Morgan fingerprint density at radius 1 is 0.333 bits per heavy atom. The van der Waals surface area contributed by atoms with E-state index in [1.807, 2.05) is 22.7 Å². The van der Waals surface area contributed by atoms with Gasteiger partial charge in [0.2, 0.25) is 0 Å². The molecule has 0 nitrogen and oxygen atoms in total. The van der Waals surface area contributed by atoms with Gasteiger partial charge in [-0.05, 0) is 131 Å². The Morgan fingerprint density at radius 3 is 1.00 bits per heavy atom. The van der Waals surface area contributed by atoms with Gasteiger partial charge in [-0.3, -0.25) is 0 Å². The number of rotatable bonds is 30. The van der Waals surface area contributed by atoms with Crippen molar-refractivity contribution in [2.24, 2.45) is 0 Å². The molecule has 0 saturated heterocycles. The van der Waals surface area contributed by atoms with Gasteiger partial charge in [-0.2, -0.15) is 0 Å². The lowest BCUT2D eigenvalue weighted by Gasteiger charge is -2.13. The third-order valence-corrected chi connectivity index (χ3v) is 18.6. The fraction of sp³-hybridized carbons (Fsp3) is 0.593. The molecule has 328 valence electrons. The van der Waals surface area contributed by atoms with E-state index in [4.69, 9.17) is 0 Å². The second-order valence-electron chi connectivity index (χ2n) is 17.7. The second-order valence-corrected chi connectivity index (χ2v) is 24.9. The minimum Gasteiger partial charge on any atom is -0.140 e. The van der Waals surface area contributed by atoms with E-state index < -0.39 is 0 Å². The smallest absolute Gasteiger partial charge is 0.0707 e. The van der Waals surface area contributed by atoms with Crippen LogP contribution >= 0.6 is 77.2 Å². The molecule has 6 heteroatoms. The maximum Gasteiger partial charge on any atom is 0.0707 e. The van der Waals surface area contributed by atoms with E-state index in [1.54, 1.807) is 9.75 Å². The summed E-state index contributed by atoms with van der Waals surface area (Å²) in [5.74, 6) is 0. The molecular weight excluding hydrogens is 937 g/mol. The van der Waals surface area contributed by atoms with E-state index in [2.05, 4.69) is 119 Å². The Bertz CT molecular complexity index is 2020. The topological polar surface area (TPSA) is 0 Å². The molecule has 0 amide bonds. The highest BCUT2D eigenvalue weighted by Crippen LogP contribution is 2.51. The van der Waals surface area contributed by atoms with Crippen molar-refractivity contribution in [1.82, 2.24) is 0 Å². The van der Waals surface area contributed by atoms with Gasteiger partial charge in [0.05, 0.1) is 7.57 Å². The van der Waals surface area contributed by atoms with Gasteiger partial charge >= 0.3 is 0 Å². The zero-order valence-corrected chi connectivity index (χ0v) is 44.1.